The van der Waals surface area contributed by atoms with E-state index in [4.69, 9.17) is 0 Å². The number of rotatable bonds is 2. The number of ketones is 2. The molecule has 0 radical (unpaired) electrons. The number of carbonyl (C=O) groups excluding carboxylic acids is 2. The Morgan fingerprint density at radius 2 is 1.81 bits per heavy atom. The second-order valence-corrected chi connectivity index (χ2v) is 5.13. The minimum atomic E-state index is -0.167. The van der Waals surface area contributed by atoms with Crippen molar-refractivity contribution in [1.82, 2.24) is 0 Å². The van der Waals surface area contributed by atoms with E-state index in [0.29, 0.717) is 17.7 Å². The molecule has 0 saturated heterocycles. The minimum Gasteiger partial charge on any atom is -0.352 e. The summed E-state index contributed by atoms with van der Waals surface area (Å²) in [7, 11) is 0. The quantitative estimate of drug-likeness (QED) is 0.857. The Hall–Kier alpha value is -2.68. The van der Waals surface area contributed by atoms with Crippen LogP contribution in [0, 0.1) is 6.92 Å². The Morgan fingerprint density at radius 1 is 1.05 bits per heavy atom. The van der Waals surface area contributed by atoms with E-state index in [-0.39, 0.29) is 11.6 Å². The third kappa shape index (κ3) is 2.63. The van der Waals surface area contributed by atoms with Gasteiger partial charge in [-0.3, -0.25) is 9.59 Å². The number of carbonyl (C=O) groups is 2. The largest absolute Gasteiger partial charge is 0.352 e. The molecule has 2 aromatic carbocycles. The van der Waals surface area contributed by atoms with Crippen molar-refractivity contribution < 1.29 is 9.59 Å². The summed E-state index contributed by atoms with van der Waals surface area (Å²) in [5.41, 5.74) is 3.71. The first-order valence-electron chi connectivity index (χ1n) is 6.85. The molecule has 0 bridgehead atoms. The second kappa shape index (κ2) is 5.37. The molecule has 1 aliphatic rings. The average molecular weight is 277 g/mol. The number of anilines is 1. The van der Waals surface area contributed by atoms with Gasteiger partial charge in [0.15, 0.2) is 5.78 Å². The number of hydrogen-bond donors (Lipinski definition) is 1. The maximum absolute atomic E-state index is 12.5. The molecular formula is C18H15NO2. The molecule has 0 saturated carbocycles. The first kappa shape index (κ1) is 13.3. The van der Waals surface area contributed by atoms with E-state index in [2.05, 4.69) is 5.32 Å². The van der Waals surface area contributed by atoms with E-state index in [0.717, 1.165) is 16.8 Å². The molecule has 2 aromatic rings. The van der Waals surface area contributed by atoms with Crippen molar-refractivity contribution >= 4 is 17.3 Å². The first-order valence-corrected chi connectivity index (χ1v) is 6.85. The zero-order chi connectivity index (χ0) is 14.8. The Balaban J connectivity index is 2.02. The highest BCUT2D eigenvalue weighted by Crippen LogP contribution is 2.26. The van der Waals surface area contributed by atoms with Gasteiger partial charge in [-0.1, -0.05) is 48.5 Å². The van der Waals surface area contributed by atoms with Crippen LogP contribution in [0.25, 0.3) is 0 Å². The summed E-state index contributed by atoms with van der Waals surface area (Å²) in [5, 5.41) is 3.15. The van der Waals surface area contributed by atoms with Gasteiger partial charge in [-0.2, -0.15) is 0 Å². The maximum atomic E-state index is 12.5. The lowest BCUT2D eigenvalue weighted by Gasteiger charge is -2.13. The van der Waals surface area contributed by atoms with E-state index in [1.807, 2.05) is 43.3 Å². The topological polar surface area (TPSA) is 46.2 Å². The molecule has 3 heteroatoms. The van der Waals surface area contributed by atoms with E-state index in [1.54, 1.807) is 12.1 Å². The number of benzene rings is 2. The van der Waals surface area contributed by atoms with Gasteiger partial charge >= 0.3 is 0 Å². The molecule has 1 N–H and O–H groups in total. The van der Waals surface area contributed by atoms with Crippen LogP contribution in [0.1, 0.15) is 21.5 Å². The van der Waals surface area contributed by atoms with Crippen LogP contribution in [0.2, 0.25) is 0 Å². The number of aryl methyl sites for hydroxylation is 1. The fourth-order valence-electron chi connectivity index (χ4n) is 2.49. The second-order valence-electron chi connectivity index (χ2n) is 5.13. The predicted octanol–water partition coefficient (Wildman–Crippen LogP) is 3.30. The van der Waals surface area contributed by atoms with E-state index in [1.165, 1.54) is 6.08 Å². The summed E-state index contributed by atoms with van der Waals surface area (Å²) in [6, 6.07) is 14.8. The van der Waals surface area contributed by atoms with Crippen LogP contribution < -0.4 is 5.32 Å². The summed E-state index contributed by atoms with van der Waals surface area (Å²) in [6.07, 6.45) is 1.73. The van der Waals surface area contributed by atoms with Crippen LogP contribution in [-0.2, 0) is 11.2 Å². The van der Waals surface area contributed by atoms with Crippen molar-refractivity contribution in [2.45, 2.75) is 13.3 Å². The number of hydrogen-bond acceptors (Lipinski definition) is 3. The van der Waals surface area contributed by atoms with Gasteiger partial charge in [0, 0.05) is 23.7 Å². The lowest BCUT2D eigenvalue weighted by Crippen LogP contribution is -2.13. The standard InChI is InChI=1S/C18H15NO2/c1-12-6-5-9-14-10-15(20)11-16(19-17(12)14)18(21)13-7-3-2-4-8-13/h2-9,11,19H,10H2,1H3. The third-order valence-electron chi connectivity index (χ3n) is 3.57. The van der Waals surface area contributed by atoms with Gasteiger partial charge in [-0.15, -0.1) is 0 Å². The monoisotopic (exact) mass is 277 g/mol. The SMILES string of the molecule is Cc1cccc2c1NC(C(=O)c1ccccc1)=CC(=O)C2. The molecule has 1 heterocycles. The molecule has 0 atom stereocenters. The molecule has 0 aliphatic carbocycles. The van der Waals surface area contributed by atoms with Crippen molar-refractivity contribution in [3.05, 3.63) is 77.0 Å². The van der Waals surface area contributed by atoms with Crippen molar-refractivity contribution in [3.8, 4) is 0 Å². The fourth-order valence-corrected chi connectivity index (χ4v) is 2.49. The van der Waals surface area contributed by atoms with Crippen LogP contribution in [-0.4, -0.2) is 11.6 Å². The Labute approximate surface area is 123 Å². The Morgan fingerprint density at radius 3 is 2.57 bits per heavy atom. The maximum Gasteiger partial charge on any atom is 0.209 e. The summed E-state index contributed by atoms with van der Waals surface area (Å²) < 4.78 is 0. The zero-order valence-electron chi connectivity index (χ0n) is 11.7. The zero-order valence-corrected chi connectivity index (χ0v) is 11.7. The molecule has 0 aromatic heterocycles. The average Bonchev–Trinajstić information content (AvgIpc) is 2.66. The van der Waals surface area contributed by atoms with Crippen LogP contribution in [0.3, 0.4) is 0 Å². The van der Waals surface area contributed by atoms with E-state index >= 15 is 0 Å². The number of fused-ring (bicyclic) bond motifs is 1. The van der Waals surface area contributed by atoms with Gasteiger partial charge in [-0.05, 0) is 18.1 Å². The van der Waals surface area contributed by atoms with E-state index in [9.17, 15) is 9.59 Å². The predicted molar refractivity (Wildman–Crippen MR) is 82.4 cm³/mol. The first-order chi connectivity index (χ1) is 10.1. The van der Waals surface area contributed by atoms with Gasteiger partial charge in [0.1, 0.15) is 0 Å². The lowest BCUT2D eigenvalue weighted by molar-refractivity contribution is -0.114. The highest BCUT2D eigenvalue weighted by molar-refractivity contribution is 6.14. The van der Waals surface area contributed by atoms with Crippen molar-refractivity contribution in [1.29, 1.82) is 0 Å². The normalized spacial score (nSPS) is 13.8. The van der Waals surface area contributed by atoms with Crippen LogP contribution in [0.5, 0.6) is 0 Å². The molecule has 0 fully saturated rings. The summed E-state index contributed by atoms with van der Waals surface area (Å²) >= 11 is 0. The molecular weight excluding hydrogens is 262 g/mol. The number of Topliss-reactive ketones (excluding diaryl/α,β-unsaturated/α-hetero) is 1. The summed E-state index contributed by atoms with van der Waals surface area (Å²) in [6.45, 7) is 1.96. The van der Waals surface area contributed by atoms with Crippen LogP contribution in [0.4, 0.5) is 5.69 Å². The Kier molecular flexibility index (Phi) is 3.40. The highest BCUT2D eigenvalue weighted by Gasteiger charge is 2.20. The Bertz CT molecular complexity index is 745. The van der Waals surface area contributed by atoms with Gasteiger partial charge in [-0.25, -0.2) is 0 Å². The van der Waals surface area contributed by atoms with Gasteiger partial charge in [0.25, 0.3) is 0 Å². The van der Waals surface area contributed by atoms with Crippen LogP contribution >= 0.6 is 0 Å². The number of nitrogens with one attached hydrogen (secondary N) is 1. The lowest BCUT2D eigenvalue weighted by atomic mass is 10.0. The molecule has 3 rings (SSSR count). The van der Waals surface area contributed by atoms with E-state index < -0.39 is 0 Å². The molecule has 3 nitrogen and oxygen atoms in total. The van der Waals surface area contributed by atoms with Crippen molar-refractivity contribution in [2.75, 3.05) is 5.32 Å². The van der Waals surface area contributed by atoms with Gasteiger partial charge < -0.3 is 5.32 Å². The number of para-hydroxylation sites is 1. The fraction of sp³-hybridized carbons (Fsp3) is 0.111. The third-order valence-corrected chi connectivity index (χ3v) is 3.57. The van der Waals surface area contributed by atoms with Gasteiger partial charge in [0.05, 0.1) is 5.70 Å². The minimum absolute atomic E-state index is 0.0638. The van der Waals surface area contributed by atoms with Crippen LogP contribution in [0.15, 0.2) is 60.3 Å². The smallest absolute Gasteiger partial charge is 0.209 e. The summed E-state index contributed by atoms with van der Waals surface area (Å²) in [5.74, 6) is -0.230. The molecule has 0 amide bonds. The van der Waals surface area contributed by atoms with Gasteiger partial charge in [0.2, 0.25) is 5.78 Å². The van der Waals surface area contributed by atoms with Crippen molar-refractivity contribution in [2.24, 2.45) is 0 Å². The molecule has 0 spiro atoms. The molecule has 104 valence electrons. The summed E-state index contributed by atoms with van der Waals surface area (Å²) in [4.78, 5) is 24.6. The van der Waals surface area contributed by atoms with Crippen molar-refractivity contribution in [3.63, 3.8) is 0 Å². The molecule has 1 aliphatic heterocycles. The highest BCUT2D eigenvalue weighted by atomic mass is 16.1. The number of allylic oxidation sites excluding steroid dienone is 2. The molecule has 0 unspecified atom stereocenters. The molecule has 21 heavy (non-hydrogen) atoms.